The molecule has 0 radical (unpaired) electrons. The molecule has 130 valence electrons. The average Bonchev–Trinajstić information content (AvgIpc) is 2.99. The highest BCUT2D eigenvalue weighted by molar-refractivity contribution is 9.10. The molecule has 0 bridgehead atoms. The van der Waals surface area contributed by atoms with Crippen LogP contribution in [0.3, 0.4) is 0 Å². The lowest BCUT2D eigenvalue weighted by atomic mass is 10.2. The highest BCUT2D eigenvalue weighted by Crippen LogP contribution is 2.35. The topological polar surface area (TPSA) is 52.8 Å². The number of thiazole rings is 1. The van der Waals surface area contributed by atoms with Gasteiger partial charge in [0.2, 0.25) is 0 Å². The summed E-state index contributed by atoms with van der Waals surface area (Å²) >= 11 is 4.82. The van der Waals surface area contributed by atoms with E-state index in [2.05, 4.69) is 20.9 Å². The fourth-order valence-corrected chi connectivity index (χ4v) is 4.27. The molecule has 0 unspecified atom stereocenters. The number of carbonyl (C=O) groups excluding carboxylic acids is 1. The van der Waals surface area contributed by atoms with Gasteiger partial charge in [-0.1, -0.05) is 23.5 Å². The van der Waals surface area contributed by atoms with Crippen molar-refractivity contribution in [3.05, 3.63) is 51.2 Å². The molecule has 0 atom stereocenters. The predicted octanol–water partition coefficient (Wildman–Crippen LogP) is 4.24. The van der Waals surface area contributed by atoms with E-state index in [1.54, 1.807) is 20.3 Å². The Labute approximate surface area is 157 Å². The highest BCUT2D eigenvalue weighted by Gasteiger charge is 2.16. The number of benzene rings is 2. The van der Waals surface area contributed by atoms with Crippen molar-refractivity contribution in [1.29, 1.82) is 0 Å². The van der Waals surface area contributed by atoms with Crippen molar-refractivity contribution in [2.75, 3.05) is 14.2 Å². The normalized spacial score (nSPS) is 11.8. The fourth-order valence-electron chi connectivity index (χ4n) is 2.61. The van der Waals surface area contributed by atoms with Gasteiger partial charge in [0.1, 0.15) is 21.7 Å². The van der Waals surface area contributed by atoms with Gasteiger partial charge in [0, 0.05) is 11.0 Å². The summed E-state index contributed by atoms with van der Waals surface area (Å²) in [5.74, 6) is 1.17. The van der Waals surface area contributed by atoms with Crippen molar-refractivity contribution in [2.24, 2.45) is 4.99 Å². The summed E-state index contributed by atoms with van der Waals surface area (Å²) in [6.45, 7) is 2.67. The molecular formula is C18H17BrN2O3S. The number of rotatable bonds is 4. The number of methoxy groups -OCH3 is 2. The first-order chi connectivity index (χ1) is 12.1. The molecule has 3 rings (SSSR count). The zero-order chi connectivity index (χ0) is 18.0. The van der Waals surface area contributed by atoms with Crippen LogP contribution in [-0.4, -0.2) is 24.7 Å². The average molecular weight is 421 g/mol. The molecule has 1 aromatic heterocycles. The smallest absolute Gasteiger partial charge is 0.280 e. The van der Waals surface area contributed by atoms with Gasteiger partial charge in [-0.25, -0.2) is 0 Å². The highest BCUT2D eigenvalue weighted by atomic mass is 79.9. The van der Waals surface area contributed by atoms with Crippen molar-refractivity contribution < 1.29 is 14.3 Å². The van der Waals surface area contributed by atoms with Gasteiger partial charge in [0.05, 0.1) is 19.8 Å². The fraction of sp³-hybridized carbons (Fsp3) is 0.222. The minimum Gasteiger partial charge on any atom is -0.495 e. The molecule has 25 heavy (non-hydrogen) atoms. The van der Waals surface area contributed by atoms with E-state index in [9.17, 15) is 4.79 Å². The monoisotopic (exact) mass is 420 g/mol. The van der Waals surface area contributed by atoms with Crippen LogP contribution in [-0.2, 0) is 6.54 Å². The van der Waals surface area contributed by atoms with Crippen LogP contribution < -0.4 is 14.3 Å². The van der Waals surface area contributed by atoms with E-state index in [1.807, 2.05) is 41.8 Å². The Morgan fingerprint density at radius 1 is 1.16 bits per heavy atom. The minimum atomic E-state index is -0.292. The summed E-state index contributed by atoms with van der Waals surface area (Å²) in [6, 6.07) is 11.0. The van der Waals surface area contributed by atoms with Gasteiger partial charge < -0.3 is 14.0 Å². The summed E-state index contributed by atoms with van der Waals surface area (Å²) in [5, 5.41) is 0. The maximum Gasteiger partial charge on any atom is 0.280 e. The molecule has 0 N–H and O–H groups in total. The Hall–Kier alpha value is -2.12. The third-order valence-electron chi connectivity index (χ3n) is 3.81. The van der Waals surface area contributed by atoms with E-state index in [-0.39, 0.29) is 5.91 Å². The molecule has 0 fully saturated rings. The number of carbonyl (C=O) groups is 1. The Morgan fingerprint density at radius 3 is 2.48 bits per heavy atom. The second-order valence-corrected chi connectivity index (χ2v) is 7.01. The molecular weight excluding hydrogens is 404 g/mol. The summed E-state index contributed by atoms with van der Waals surface area (Å²) in [4.78, 5) is 17.6. The maximum absolute atomic E-state index is 12.6. The van der Waals surface area contributed by atoms with E-state index in [4.69, 9.17) is 9.47 Å². The van der Waals surface area contributed by atoms with Crippen molar-refractivity contribution in [3.8, 4) is 11.5 Å². The first-order valence-corrected chi connectivity index (χ1v) is 9.29. The number of ether oxygens (including phenoxy) is 2. The summed E-state index contributed by atoms with van der Waals surface area (Å²) < 4.78 is 14.5. The van der Waals surface area contributed by atoms with Gasteiger partial charge in [-0.2, -0.15) is 4.99 Å². The molecule has 0 aliphatic heterocycles. The van der Waals surface area contributed by atoms with Gasteiger partial charge in [-0.05, 0) is 47.1 Å². The number of aryl methyl sites for hydroxylation is 1. The van der Waals surface area contributed by atoms with Gasteiger partial charge in [-0.3, -0.25) is 4.79 Å². The number of fused-ring (bicyclic) bond motifs is 1. The van der Waals surface area contributed by atoms with Crippen molar-refractivity contribution >= 4 is 43.4 Å². The summed E-state index contributed by atoms with van der Waals surface area (Å²) in [6.07, 6.45) is 0. The van der Waals surface area contributed by atoms with E-state index in [0.717, 1.165) is 26.2 Å². The first-order valence-electron chi connectivity index (χ1n) is 7.68. The number of aromatic nitrogens is 1. The number of hydrogen-bond donors (Lipinski definition) is 0. The molecule has 0 aliphatic rings. The van der Waals surface area contributed by atoms with Crippen LogP contribution in [0.2, 0.25) is 0 Å². The Balaban J connectivity index is 2.26. The molecule has 0 aliphatic carbocycles. The van der Waals surface area contributed by atoms with E-state index >= 15 is 0 Å². The van der Waals surface area contributed by atoms with E-state index in [0.29, 0.717) is 16.9 Å². The molecule has 2 aromatic carbocycles. The van der Waals surface area contributed by atoms with Gasteiger partial charge >= 0.3 is 0 Å². The summed E-state index contributed by atoms with van der Waals surface area (Å²) in [5.41, 5.74) is 1.41. The number of hydrogen-bond acceptors (Lipinski definition) is 4. The first kappa shape index (κ1) is 17.7. The molecule has 0 spiro atoms. The number of amides is 1. The Morgan fingerprint density at radius 2 is 1.84 bits per heavy atom. The largest absolute Gasteiger partial charge is 0.495 e. The predicted molar refractivity (Wildman–Crippen MR) is 103 cm³/mol. The number of halogens is 1. The Bertz CT molecular complexity index is 1010. The lowest BCUT2D eigenvalue weighted by Gasteiger charge is -2.08. The minimum absolute atomic E-state index is 0.292. The number of nitrogens with zero attached hydrogens (tertiary/aromatic N) is 2. The van der Waals surface area contributed by atoms with Gasteiger partial charge in [-0.15, -0.1) is 0 Å². The zero-order valence-corrected chi connectivity index (χ0v) is 16.5. The second-order valence-electron chi connectivity index (χ2n) is 5.17. The van der Waals surface area contributed by atoms with Crippen LogP contribution in [0, 0.1) is 0 Å². The molecule has 0 saturated heterocycles. The van der Waals surface area contributed by atoms with Crippen LogP contribution in [0.5, 0.6) is 11.5 Å². The molecule has 0 saturated carbocycles. The van der Waals surface area contributed by atoms with Crippen molar-refractivity contribution in [1.82, 2.24) is 4.57 Å². The van der Waals surface area contributed by atoms with Crippen LogP contribution in [0.4, 0.5) is 0 Å². The van der Waals surface area contributed by atoms with E-state index < -0.39 is 0 Å². The third-order valence-corrected chi connectivity index (χ3v) is 5.59. The molecule has 7 heteroatoms. The maximum atomic E-state index is 12.6. The van der Waals surface area contributed by atoms with Gasteiger partial charge in [0.15, 0.2) is 4.80 Å². The molecule has 3 aromatic rings. The molecule has 5 nitrogen and oxygen atoms in total. The second kappa shape index (κ2) is 7.41. The lowest BCUT2D eigenvalue weighted by Crippen LogP contribution is -2.16. The molecule has 1 amide bonds. The lowest BCUT2D eigenvalue weighted by molar-refractivity contribution is 0.0997. The zero-order valence-electron chi connectivity index (χ0n) is 14.1. The third kappa shape index (κ3) is 3.21. The standard InChI is InChI=1S/C18H17BrN2O3S/c1-4-21-15-13(23-2)9-10-14(24-3)16(15)25-18(21)20-17(22)11-7-5-6-8-12(11)19/h5-10H,4H2,1-3H3. The van der Waals surface area contributed by atoms with Crippen molar-refractivity contribution in [3.63, 3.8) is 0 Å². The van der Waals surface area contributed by atoms with Gasteiger partial charge in [0.25, 0.3) is 5.91 Å². The SMILES string of the molecule is CCn1c(=NC(=O)c2ccccc2Br)sc2c(OC)ccc(OC)c21. The Kier molecular flexibility index (Phi) is 5.24. The molecule has 1 heterocycles. The van der Waals surface area contributed by atoms with Crippen LogP contribution >= 0.6 is 27.3 Å². The van der Waals surface area contributed by atoms with Crippen LogP contribution in [0.1, 0.15) is 17.3 Å². The summed E-state index contributed by atoms with van der Waals surface area (Å²) in [7, 11) is 3.25. The quantitative estimate of drug-likeness (QED) is 0.633. The van der Waals surface area contributed by atoms with Crippen LogP contribution in [0.15, 0.2) is 45.9 Å². The van der Waals surface area contributed by atoms with E-state index in [1.165, 1.54) is 11.3 Å². The van der Waals surface area contributed by atoms with Crippen LogP contribution in [0.25, 0.3) is 10.2 Å². The van der Waals surface area contributed by atoms with Crippen molar-refractivity contribution in [2.45, 2.75) is 13.5 Å².